The minimum atomic E-state index is -0.831. The highest BCUT2D eigenvalue weighted by molar-refractivity contribution is 7.12. The number of thiophene rings is 1. The molecule has 1 amide bonds. The van der Waals surface area contributed by atoms with Crippen molar-refractivity contribution in [3.63, 3.8) is 0 Å². The Hall–Kier alpha value is -2.34. The summed E-state index contributed by atoms with van der Waals surface area (Å²) >= 11 is 1.54. The molecule has 0 saturated heterocycles. The lowest BCUT2D eigenvalue weighted by molar-refractivity contribution is -0.129. The standard InChI is InChI=1S/C19H23NO4S/c1-12-11-17(14(3)25-12)19(22)24-13(2)18(21)20-10-9-15-5-7-16(23-4)8-6-15/h5-8,11,13H,9-10H2,1-4H3,(H,20,21)/t13-/m0/s1. The summed E-state index contributed by atoms with van der Waals surface area (Å²) in [7, 11) is 1.62. The van der Waals surface area contributed by atoms with E-state index in [1.807, 2.05) is 38.1 Å². The second kappa shape index (κ2) is 8.67. The molecule has 1 N–H and O–H groups in total. The molecule has 1 heterocycles. The van der Waals surface area contributed by atoms with Gasteiger partial charge in [0.25, 0.3) is 5.91 Å². The van der Waals surface area contributed by atoms with Gasteiger partial charge in [-0.15, -0.1) is 11.3 Å². The van der Waals surface area contributed by atoms with Crippen LogP contribution >= 0.6 is 11.3 Å². The molecule has 1 aromatic heterocycles. The maximum atomic E-state index is 12.1. The van der Waals surface area contributed by atoms with Gasteiger partial charge in [0.15, 0.2) is 6.10 Å². The Labute approximate surface area is 152 Å². The Morgan fingerprint density at radius 2 is 1.88 bits per heavy atom. The monoisotopic (exact) mass is 361 g/mol. The highest BCUT2D eigenvalue weighted by atomic mass is 32.1. The number of methoxy groups -OCH3 is 1. The molecule has 1 atom stereocenters. The fraction of sp³-hybridized carbons (Fsp3) is 0.368. The number of carbonyl (C=O) groups excluding carboxylic acids is 2. The van der Waals surface area contributed by atoms with Gasteiger partial charge in [0.1, 0.15) is 5.75 Å². The minimum absolute atomic E-state index is 0.300. The number of hydrogen-bond acceptors (Lipinski definition) is 5. The van der Waals surface area contributed by atoms with E-state index < -0.39 is 12.1 Å². The van der Waals surface area contributed by atoms with Crippen molar-refractivity contribution in [2.75, 3.05) is 13.7 Å². The molecule has 0 aliphatic heterocycles. The van der Waals surface area contributed by atoms with E-state index in [4.69, 9.17) is 9.47 Å². The number of benzene rings is 1. The predicted molar refractivity (Wildman–Crippen MR) is 98.4 cm³/mol. The van der Waals surface area contributed by atoms with Gasteiger partial charge in [-0.05, 0) is 51.0 Å². The van der Waals surface area contributed by atoms with Gasteiger partial charge in [0, 0.05) is 16.3 Å². The van der Waals surface area contributed by atoms with E-state index in [0.29, 0.717) is 18.5 Å². The zero-order valence-corrected chi connectivity index (χ0v) is 15.7. The van der Waals surface area contributed by atoms with Crippen LogP contribution in [-0.4, -0.2) is 31.6 Å². The maximum Gasteiger partial charge on any atom is 0.340 e. The first-order valence-corrected chi connectivity index (χ1v) is 8.91. The average molecular weight is 361 g/mol. The average Bonchev–Trinajstić information content (AvgIpc) is 2.93. The molecule has 2 aromatic rings. The Morgan fingerprint density at radius 3 is 2.44 bits per heavy atom. The SMILES string of the molecule is COc1ccc(CCNC(=O)[C@H](C)OC(=O)c2cc(C)sc2C)cc1. The van der Waals surface area contributed by atoms with Crippen molar-refractivity contribution in [1.82, 2.24) is 5.32 Å². The van der Waals surface area contributed by atoms with Crippen LogP contribution < -0.4 is 10.1 Å². The van der Waals surface area contributed by atoms with Gasteiger partial charge >= 0.3 is 5.97 Å². The molecular weight excluding hydrogens is 338 g/mol. The summed E-state index contributed by atoms with van der Waals surface area (Å²) in [6.07, 6.45) is -0.137. The third-order valence-electron chi connectivity index (χ3n) is 3.79. The molecule has 0 aliphatic rings. The van der Waals surface area contributed by atoms with Gasteiger partial charge in [-0.3, -0.25) is 4.79 Å². The van der Waals surface area contributed by atoms with E-state index in [1.165, 1.54) is 11.3 Å². The van der Waals surface area contributed by atoms with Crippen LogP contribution in [0.25, 0.3) is 0 Å². The van der Waals surface area contributed by atoms with Crippen molar-refractivity contribution in [1.29, 1.82) is 0 Å². The highest BCUT2D eigenvalue weighted by Gasteiger charge is 2.20. The summed E-state index contributed by atoms with van der Waals surface area (Å²) in [6.45, 7) is 5.86. The third kappa shape index (κ3) is 5.32. The molecule has 0 unspecified atom stereocenters. The van der Waals surface area contributed by atoms with Crippen molar-refractivity contribution in [3.8, 4) is 5.75 Å². The molecule has 0 bridgehead atoms. The zero-order valence-electron chi connectivity index (χ0n) is 14.9. The summed E-state index contributed by atoms with van der Waals surface area (Å²) in [5, 5.41) is 2.79. The number of rotatable bonds is 7. The molecule has 1 aromatic carbocycles. The number of ether oxygens (including phenoxy) is 2. The predicted octanol–water partition coefficient (Wildman–Crippen LogP) is 3.28. The summed E-state index contributed by atoms with van der Waals surface area (Å²) in [5.74, 6) is 0.0402. The second-order valence-corrected chi connectivity index (χ2v) is 7.22. The van der Waals surface area contributed by atoms with E-state index in [0.717, 1.165) is 21.1 Å². The van der Waals surface area contributed by atoms with Crippen molar-refractivity contribution in [2.45, 2.75) is 33.3 Å². The number of aryl methyl sites for hydroxylation is 2. The van der Waals surface area contributed by atoms with Gasteiger partial charge in [0.2, 0.25) is 0 Å². The lowest BCUT2D eigenvalue weighted by atomic mass is 10.1. The van der Waals surface area contributed by atoms with Crippen molar-refractivity contribution in [2.24, 2.45) is 0 Å². The highest BCUT2D eigenvalue weighted by Crippen LogP contribution is 2.21. The first-order valence-electron chi connectivity index (χ1n) is 8.09. The van der Waals surface area contributed by atoms with E-state index in [-0.39, 0.29) is 5.91 Å². The quantitative estimate of drug-likeness (QED) is 0.769. The number of amides is 1. The topological polar surface area (TPSA) is 64.6 Å². The smallest absolute Gasteiger partial charge is 0.340 e. The van der Waals surface area contributed by atoms with Crippen LogP contribution in [0.3, 0.4) is 0 Å². The second-order valence-electron chi connectivity index (χ2n) is 5.76. The van der Waals surface area contributed by atoms with Crippen LogP contribution in [0, 0.1) is 13.8 Å². The van der Waals surface area contributed by atoms with Crippen LogP contribution in [0.15, 0.2) is 30.3 Å². The lowest BCUT2D eigenvalue weighted by Gasteiger charge is -2.13. The number of nitrogens with one attached hydrogen (secondary N) is 1. The molecule has 0 saturated carbocycles. The number of carbonyl (C=O) groups is 2. The molecule has 5 nitrogen and oxygen atoms in total. The van der Waals surface area contributed by atoms with Crippen molar-refractivity contribution < 1.29 is 19.1 Å². The van der Waals surface area contributed by atoms with Crippen LogP contribution in [0.4, 0.5) is 0 Å². The Bertz CT molecular complexity index is 736. The van der Waals surface area contributed by atoms with E-state index >= 15 is 0 Å². The van der Waals surface area contributed by atoms with Gasteiger partial charge in [-0.25, -0.2) is 4.79 Å². The Morgan fingerprint density at radius 1 is 1.20 bits per heavy atom. The number of esters is 1. The van der Waals surface area contributed by atoms with Crippen LogP contribution in [-0.2, 0) is 16.0 Å². The third-order valence-corrected chi connectivity index (χ3v) is 4.75. The fourth-order valence-corrected chi connectivity index (χ4v) is 3.29. The van der Waals surface area contributed by atoms with Crippen LogP contribution in [0.2, 0.25) is 0 Å². The molecule has 134 valence electrons. The molecular formula is C19H23NO4S. The van der Waals surface area contributed by atoms with E-state index in [9.17, 15) is 9.59 Å². The first-order chi connectivity index (χ1) is 11.9. The summed E-state index contributed by atoms with van der Waals surface area (Å²) in [4.78, 5) is 26.2. The molecule has 2 rings (SSSR count). The Balaban J connectivity index is 1.79. The first kappa shape index (κ1) is 19.0. The van der Waals surface area contributed by atoms with E-state index in [2.05, 4.69) is 5.32 Å². The fourth-order valence-electron chi connectivity index (χ4n) is 2.38. The largest absolute Gasteiger partial charge is 0.497 e. The normalized spacial score (nSPS) is 11.7. The lowest BCUT2D eigenvalue weighted by Crippen LogP contribution is -2.36. The summed E-state index contributed by atoms with van der Waals surface area (Å²) in [6, 6.07) is 9.46. The zero-order chi connectivity index (χ0) is 18.4. The molecule has 0 fully saturated rings. The maximum absolute atomic E-state index is 12.1. The van der Waals surface area contributed by atoms with Crippen molar-refractivity contribution in [3.05, 3.63) is 51.2 Å². The van der Waals surface area contributed by atoms with E-state index in [1.54, 1.807) is 20.1 Å². The molecule has 0 radical (unpaired) electrons. The van der Waals surface area contributed by atoms with Gasteiger partial charge < -0.3 is 14.8 Å². The summed E-state index contributed by atoms with van der Waals surface area (Å²) < 4.78 is 10.4. The van der Waals surface area contributed by atoms with Gasteiger partial charge in [-0.2, -0.15) is 0 Å². The molecule has 0 aliphatic carbocycles. The van der Waals surface area contributed by atoms with Crippen LogP contribution in [0.5, 0.6) is 5.75 Å². The molecule has 25 heavy (non-hydrogen) atoms. The molecule has 6 heteroatoms. The summed E-state index contributed by atoms with van der Waals surface area (Å²) in [5.41, 5.74) is 1.62. The van der Waals surface area contributed by atoms with Gasteiger partial charge in [0.05, 0.1) is 12.7 Å². The molecule has 0 spiro atoms. The number of hydrogen-bond donors (Lipinski definition) is 1. The minimum Gasteiger partial charge on any atom is -0.497 e. The van der Waals surface area contributed by atoms with Crippen molar-refractivity contribution >= 4 is 23.2 Å². The van der Waals surface area contributed by atoms with Crippen LogP contribution in [0.1, 0.15) is 32.6 Å². The Kier molecular flexibility index (Phi) is 6.58. The van der Waals surface area contributed by atoms with Gasteiger partial charge in [-0.1, -0.05) is 12.1 Å².